The maximum Gasteiger partial charge on any atom is 0.235 e. The average Bonchev–Trinajstić information content (AvgIpc) is 3.78. The van der Waals surface area contributed by atoms with Gasteiger partial charge in [-0.2, -0.15) is 0 Å². The van der Waals surface area contributed by atoms with E-state index in [2.05, 4.69) is 10.6 Å². The summed E-state index contributed by atoms with van der Waals surface area (Å²) in [6.07, 6.45) is 6.50. The van der Waals surface area contributed by atoms with E-state index in [1.54, 1.807) is 24.3 Å². The van der Waals surface area contributed by atoms with E-state index in [1.165, 1.54) is 37.8 Å². The first-order chi connectivity index (χ1) is 16.7. The Kier molecular flexibility index (Phi) is 12.8. The van der Waals surface area contributed by atoms with Crippen LogP contribution in [0.4, 0.5) is 8.78 Å². The molecule has 0 aliphatic heterocycles. The first kappa shape index (κ1) is 29.3. The van der Waals surface area contributed by atoms with E-state index in [0.29, 0.717) is 23.6 Å². The van der Waals surface area contributed by atoms with Gasteiger partial charge in [-0.3, -0.25) is 9.59 Å². The number of nitrogens with one attached hydrogen (secondary N) is 2. The van der Waals surface area contributed by atoms with Crippen LogP contribution >= 0.6 is 34.8 Å². The lowest BCUT2D eigenvalue weighted by atomic mass is 10.2. The van der Waals surface area contributed by atoms with Gasteiger partial charge in [-0.1, -0.05) is 60.3 Å². The fraction of sp³-hybridized carbons (Fsp3) is 0.440. The van der Waals surface area contributed by atoms with Crippen LogP contribution in [0, 0.1) is 17.6 Å². The topological polar surface area (TPSA) is 84.2 Å². The molecule has 0 bridgehead atoms. The number of rotatable bonds is 8. The molecular weight excluding hydrogens is 519 g/mol. The van der Waals surface area contributed by atoms with Gasteiger partial charge in [0.15, 0.2) is 0 Å². The smallest absolute Gasteiger partial charge is 0.235 e. The van der Waals surface area contributed by atoms with Crippen LogP contribution in [0.1, 0.15) is 49.7 Å². The Morgan fingerprint density at radius 2 is 1.31 bits per heavy atom. The van der Waals surface area contributed by atoms with Gasteiger partial charge in [0.1, 0.15) is 17.5 Å². The molecule has 192 valence electrons. The van der Waals surface area contributed by atoms with E-state index in [9.17, 15) is 18.4 Å². The summed E-state index contributed by atoms with van der Waals surface area (Å²) >= 11 is 16.5. The molecule has 2 aromatic rings. The SMILES string of the molecule is NC1CC1.O=C(CCC1CC1)NCc1cccc(Cl)c1F.O=C(CCl)NCc1cccc(Cl)c1F. The molecular formula is C25H30Cl3F2N3O2. The van der Waals surface area contributed by atoms with E-state index in [4.69, 9.17) is 40.5 Å². The minimum absolute atomic E-state index is 0.0173. The molecule has 10 heteroatoms. The lowest BCUT2D eigenvalue weighted by Gasteiger charge is -2.06. The molecule has 0 saturated heterocycles. The zero-order valence-corrected chi connectivity index (χ0v) is 21.5. The molecule has 2 aliphatic carbocycles. The van der Waals surface area contributed by atoms with Crippen molar-refractivity contribution in [1.82, 2.24) is 10.6 Å². The zero-order chi connectivity index (χ0) is 25.8. The Bertz CT molecular complexity index is 986. The lowest BCUT2D eigenvalue weighted by molar-refractivity contribution is -0.121. The Morgan fingerprint density at radius 3 is 1.71 bits per heavy atom. The van der Waals surface area contributed by atoms with Crippen molar-refractivity contribution < 1.29 is 18.4 Å². The number of carbonyl (C=O) groups excluding carboxylic acids is 2. The number of halogens is 5. The van der Waals surface area contributed by atoms with Crippen LogP contribution in [0.3, 0.4) is 0 Å². The molecule has 2 amide bonds. The Balaban J connectivity index is 0.000000215. The maximum atomic E-state index is 13.5. The third-order valence-electron chi connectivity index (χ3n) is 5.24. The van der Waals surface area contributed by atoms with Crippen LogP contribution in [0.25, 0.3) is 0 Å². The van der Waals surface area contributed by atoms with Crippen LogP contribution < -0.4 is 16.4 Å². The van der Waals surface area contributed by atoms with Crippen molar-refractivity contribution in [3.63, 3.8) is 0 Å². The lowest BCUT2D eigenvalue weighted by Crippen LogP contribution is -2.24. The van der Waals surface area contributed by atoms with Gasteiger partial charge in [0.05, 0.1) is 10.0 Å². The minimum atomic E-state index is -0.510. The van der Waals surface area contributed by atoms with Crippen LogP contribution in [0.15, 0.2) is 36.4 Å². The van der Waals surface area contributed by atoms with Crippen molar-refractivity contribution in [3.05, 3.63) is 69.2 Å². The Labute approximate surface area is 219 Å². The highest BCUT2D eigenvalue weighted by molar-refractivity contribution is 6.31. The molecule has 4 rings (SSSR count). The monoisotopic (exact) mass is 547 g/mol. The summed E-state index contributed by atoms with van der Waals surface area (Å²) in [6.45, 7) is 0.299. The number of hydrogen-bond donors (Lipinski definition) is 3. The van der Waals surface area contributed by atoms with Crippen LogP contribution in [-0.4, -0.2) is 23.7 Å². The average molecular weight is 549 g/mol. The summed E-state index contributed by atoms with van der Waals surface area (Å²) in [5, 5.41) is 5.30. The van der Waals surface area contributed by atoms with Gasteiger partial charge < -0.3 is 16.4 Å². The second-order valence-corrected chi connectivity index (χ2v) is 9.51. The highest BCUT2D eigenvalue weighted by Gasteiger charge is 2.21. The quantitative estimate of drug-likeness (QED) is 0.369. The van der Waals surface area contributed by atoms with Crippen LogP contribution in [-0.2, 0) is 22.7 Å². The molecule has 0 unspecified atom stereocenters. The van der Waals surface area contributed by atoms with E-state index < -0.39 is 11.6 Å². The number of alkyl halides is 1. The van der Waals surface area contributed by atoms with Crippen molar-refractivity contribution in [3.8, 4) is 0 Å². The third kappa shape index (κ3) is 12.0. The summed E-state index contributed by atoms with van der Waals surface area (Å²) in [5.41, 5.74) is 5.99. The van der Waals surface area contributed by atoms with E-state index in [1.807, 2.05) is 0 Å². The van der Waals surface area contributed by atoms with Gasteiger partial charge in [-0.25, -0.2) is 8.78 Å². The van der Waals surface area contributed by atoms with E-state index in [-0.39, 0.29) is 40.8 Å². The fourth-order valence-corrected chi connectivity index (χ4v) is 3.21. The fourth-order valence-electron chi connectivity index (χ4n) is 2.73. The second kappa shape index (κ2) is 15.2. The number of hydrogen-bond acceptors (Lipinski definition) is 3. The molecule has 4 N–H and O–H groups in total. The normalized spacial score (nSPS) is 14.1. The summed E-state index contributed by atoms with van der Waals surface area (Å²) in [5.74, 6) is -0.714. The first-order valence-corrected chi connectivity index (χ1v) is 12.7. The standard InChI is InChI=1S/C13H15ClFNO.C9H8Cl2FNO.C3H7N/c14-11-3-1-2-10(13(11)15)8-16-12(17)7-6-9-4-5-9;10-4-8(14)13-5-6-2-1-3-7(11)9(6)12;4-3-1-2-3/h1-3,9H,4-8H2,(H,16,17);1-3H,4-5H2,(H,13,14);3H,1-2,4H2. The molecule has 0 aromatic heterocycles. The molecule has 35 heavy (non-hydrogen) atoms. The molecule has 0 atom stereocenters. The molecule has 0 heterocycles. The predicted octanol–water partition coefficient (Wildman–Crippen LogP) is 5.73. The molecule has 2 fully saturated rings. The van der Waals surface area contributed by atoms with Crippen molar-refractivity contribution in [2.45, 2.75) is 57.7 Å². The van der Waals surface area contributed by atoms with Crippen LogP contribution in [0.5, 0.6) is 0 Å². The maximum absolute atomic E-state index is 13.5. The van der Waals surface area contributed by atoms with Gasteiger partial charge in [0.25, 0.3) is 0 Å². The van der Waals surface area contributed by atoms with Gasteiger partial charge in [-0.15, -0.1) is 11.6 Å². The molecule has 0 spiro atoms. The zero-order valence-electron chi connectivity index (χ0n) is 19.3. The van der Waals surface area contributed by atoms with Crippen molar-refractivity contribution in [1.29, 1.82) is 0 Å². The third-order valence-corrected chi connectivity index (χ3v) is 6.06. The Hall–Kier alpha value is -1.93. The highest BCUT2D eigenvalue weighted by Crippen LogP contribution is 2.33. The summed E-state index contributed by atoms with van der Waals surface area (Å²) in [6, 6.07) is 10.0. The molecule has 0 radical (unpaired) electrons. The summed E-state index contributed by atoms with van der Waals surface area (Å²) < 4.78 is 26.7. The number of amides is 2. The van der Waals surface area contributed by atoms with Gasteiger partial charge in [0, 0.05) is 36.7 Å². The molecule has 2 saturated carbocycles. The predicted molar refractivity (Wildman–Crippen MR) is 136 cm³/mol. The summed E-state index contributed by atoms with van der Waals surface area (Å²) in [4.78, 5) is 22.3. The molecule has 2 aromatic carbocycles. The van der Waals surface area contributed by atoms with Gasteiger partial charge in [-0.05, 0) is 37.3 Å². The Morgan fingerprint density at radius 1 is 0.857 bits per heavy atom. The van der Waals surface area contributed by atoms with Crippen molar-refractivity contribution >= 4 is 46.6 Å². The van der Waals surface area contributed by atoms with Gasteiger partial charge in [0.2, 0.25) is 11.8 Å². The number of benzene rings is 2. The second-order valence-electron chi connectivity index (χ2n) is 8.43. The number of carbonyl (C=O) groups is 2. The minimum Gasteiger partial charge on any atom is -0.352 e. The highest BCUT2D eigenvalue weighted by atomic mass is 35.5. The van der Waals surface area contributed by atoms with Crippen molar-refractivity contribution in [2.24, 2.45) is 11.7 Å². The summed E-state index contributed by atoms with van der Waals surface area (Å²) in [7, 11) is 0. The van der Waals surface area contributed by atoms with Crippen molar-refractivity contribution in [2.75, 3.05) is 5.88 Å². The largest absolute Gasteiger partial charge is 0.352 e. The molecule has 2 aliphatic rings. The van der Waals surface area contributed by atoms with E-state index in [0.717, 1.165) is 12.3 Å². The first-order valence-electron chi connectivity index (χ1n) is 11.4. The van der Waals surface area contributed by atoms with Crippen LogP contribution in [0.2, 0.25) is 10.0 Å². The molecule has 5 nitrogen and oxygen atoms in total. The van der Waals surface area contributed by atoms with Gasteiger partial charge >= 0.3 is 0 Å². The van der Waals surface area contributed by atoms with E-state index >= 15 is 0 Å². The number of nitrogens with two attached hydrogens (primary N) is 1.